The van der Waals surface area contributed by atoms with Crippen molar-refractivity contribution in [2.75, 3.05) is 0 Å². The van der Waals surface area contributed by atoms with Gasteiger partial charge in [0.1, 0.15) is 5.82 Å². The number of nitro groups is 1. The van der Waals surface area contributed by atoms with E-state index in [4.69, 9.17) is 0 Å². The van der Waals surface area contributed by atoms with Gasteiger partial charge in [0.15, 0.2) is 0 Å². The summed E-state index contributed by atoms with van der Waals surface area (Å²) in [6.45, 7) is 3.53. The van der Waals surface area contributed by atoms with Gasteiger partial charge in [-0.15, -0.1) is 0 Å². The van der Waals surface area contributed by atoms with Gasteiger partial charge in [0.25, 0.3) is 11.2 Å². The van der Waals surface area contributed by atoms with E-state index in [1.54, 1.807) is 25.1 Å². The second-order valence-electron chi connectivity index (χ2n) is 5.19. The minimum absolute atomic E-state index is 0.0559. The summed E-state index contributed by atoms with van der Waals surface area (Å²) in [4.78, 5) is 27.9. The lowest BCUT2D eigenvalue weighted by Gasteiger charge is -2.13. The molecule has 3 rings (SSSR count). The standard InChI is InChI=1S/C16H12IN3O3/c1-9-3-5-12(20(22)23)8-15(9)19-10(2)18-14-6-4-11(17)7-13(14)16(19)21/h3-8H,1-2H3. The SMILES string of the molecule is Cc1ccc([N+](=O)[O-])cc1-n1c(C)nc2ccc(I)cc2c1=O. The van der Waals surface area contributed by atoms with E-state index < -0.39 is 4.92 Å². The second-order valence-corrected chi connectivity index (χ2v) is 6.43. The number of hydrogen-bond donors (Lipinski definition) is 0. The number of aromatic nitrogens is 2. The molecule has 0 amide bonds. The Bertz CT molecular complexity index is 1010. The Balaban J connectivity index is 2.39. The van der Waals surface area contributed by atoms with E-state index in [9.17, 15) is 14.9 Å². The van der Waals surface area contributed by atoms with Gasteiger partial charge in [-0.3, -0.25) is 19.5 Å². The Morgan fingerprint density at radius 2 is 1.91 bits per heavy atom. The maximum atomic E-state index is 12.9. The van der Waals surface area contributed by atoms with Crippen LogP contribution < -0.4 is 5.56 Å². The molecule has 0 N–H and O–H groups in total. The van der Waals surface area contributed by atoms with E-state index >= 15 is 0 Å². The third-order valence-corrected chi connectivity index (χ3v) is 4.31. The van der Waals surface area contributed by atoms with Crippen LogP contribution in [0.15, 0.2) is 41.2 Å². The molecule has 0 saturated carbocycles. The van der Waals surface area contributed by atoms with E-state index in [-0.39, 0.29) is 11.2 Å². The topological polar surface area (TPSA) is 78.0 Å². The van der Waals surface area contributed by atoms with Gasteiger partial charge in [-0.2, -0.15) is 0 Å². The van der Waals surface area contributed by atoms with Crippen LogP contribution in [0.5, 0.6) is 0 Å². The molecule has 2 aromatic carbocycles. The van der Waals surface area contributed by atoms with Gasteiger partial charge < -0.3 is 0 Å². The monoisotopic (exact) mass is 421 g/mol. The van der Waals surface area contributed by atoms with E-state index in [1.807, 2.05) is 13.0 Å². The molecule has 3 aromatic rings. The first-order valence-corrected chi connectivity index (χ1v) is 7.90. The van der Waals surface area contributed by atoms with Crippen LogP contribution in [0.4, 0.5) is 5.69 Å². The highest BCUT2D eigenvalue weighted by atomic mass is 127. The molecule has 0 saturated heterocycles. The zero-order valence-electron chi connectivity index (χ0n) is 12.4. The molecule has 0 bridgehead atoms. The van der Waals surface area contributed by atoms with Crippen LogP contribution >= 0.6 is 22.6 Å². The van der Waals surface area contributed by atoms with Crippen LogP contribution in [0.1, 0.15) is 11.4 Å². The van der Waals surface area contributed by atoms with E-state index in [0.29, 0.717) is 22.4 Å². The molecule has 0 spiro atoms. The summed E-state index contributed by atoms with van der Waals surface area (Å²) in [5.74, 6) is 0.493. The number of rotatable bonds is 2. The Morgan fingerprint density at radius 1 is 1.17 bits per heavy atom. The number of nitro benzene ring substituents is 1. The Labute approximate surface area is 145 Å². The van der Waals surface area contributed by atoms with Gasteiger partial charge in [-0.25, -0.2) is 4.98 Å². The quantitative estimate of drug-likeness (QED) is 0.361. The molecule has 0 unspecified atom stereocenters. The third-order valence-electron chi connectivity index (χ3n) is 3.64. The van der Waals surface area contributed by atoms with Gasteiger partial charge in [0.2, 0.25) is 0 Å². The number of fused-ring (bicyclic) bond motifs is 1. The van der Waals surface area contributed by atoms with Crippen molar-refractivity contribution in [1.29, 1.82) is 0 Å². The molecule has 0 radical (unpaired) electrons. The summed E-state index contributed by atoms with van der Waals surface area (Å²) in [5.41, 5.74) is 1.59. The predicted octanol–water partition coefficient (Wildman–Crippen LogP) is 3.52. The number of nitrogens with zero attached hydrogens (tertiary/aromatic N) is 3. The van der Waals surface area contributed by atoms with Crippen molar-refractivity contribution < 1.29 is 4.92 Å². The van der Waals surface area contributed by atoms with Crippen molar-refractivity contribution in [1.82, 2.24) is 9.55 Å². The molecule has 0 atom stereocenters. The average Bonchev–Trinajstić information content (AvgIpc) is 2.49. The second kappa shape index (κ2) is 5.73. The number of aryl methyl sites for hydroxylation is 2. The molecular formula is C16H12IN3O3. The highest BCUT2D eigenvalue weighted by Gasteiger charge is 2.15. The first-order valence-electron chi connectivity index (χ1n) is 6.83. The molecule has 0 aliphatic rings. The summed E-state index contributed by atoms with van der Waals surface area (Å²) in [6.07, 6.45) is 0. The summed E-state index contributed by atoms with van der Waals surface area (Å²) >= 11 is 2.14. The maximum absolute atomic E-state index is 12.9. The number of benzene rings is 2. The normalized spacial score (nSPS) is 10.9. The molecular weight excluding hydrogens is 409 g/mol. The van der Waals surface area contributed by atoms with Crippen molar-refractivity contribution in [3.63, 3.8) is 0 Å². The van der Waals surface area contributed by atoms with Gasteiger partial charge in [0.05, 0.1) is 21.5 Å². The number of halogens is 1. The predicted molar refractivity (Wildman–Crippen MR) is 96.2 cm³/mol. The molecule has 1 aromatic heterocycles. The third kappa shape index (κ3) is 2.72. The zero-order valence-corrected chi connectivity index (χ0v) is 14.6. The minimum Gasteiger partial charge on any atom is -0.268 e. The molecule has 0 aliphatic carbocycles. The molecule has 23 heavy (non-hydrogen) atoms. The van der Waals surface area contributed by atoms with Crippen molar-refractivity contribution in [2.45, 2.75) is 13.8 Å². The van der Waals surface area contributed by atoms with Crippen LogP contribution in [-0.4, -0.2) is 14.5 Å². The van der Waals surface area contributed by atoms with E-state index in [1.165, 1.54) is 16.7 Å². The molecule has 1 heterocycles. The number of hydrogen-bond acceptors (Lipinski definition) is 4. The van der Waals surface area contributed by atoms with Crippen LogP contribution in [0.2, 0.25) is 0 Å². The van der Waals surface area contributed by atoms with E-state index in [0.717, 1.165) is 9.13 Å². The van der Waals surface area contributed by atoms with Crippen molar-refractivity contribution in [3.05, 3.63) is 71.8 Å². The fraction of sp³-hybridized carbons (Fsp3) is 0.125. The van der Waals surface area contributed by atoms with Crippen LogP contribution in [-0.2, 0) is 0 Å². The molecule has 7 heteroatoms. The summed E-state index contributed by atoms with van der Waals surface area (Å²) in [6, 6.07) is 9.93. The van der Waals surface area contributed by atoms with Gasteiger partial charge in [-0.05, 0) is 60.2 Å². The highest BCUT2D eigenvalue weighted by molar-refractivity contribution is 14.1. The lowest BCUT2D eigenvalue weighted by molar-refractivity contribution is -0.384. The van der Waals surface area contributed by atoms with Crippen LogP contribution in [0, 0.1) is 27.5 Å². The average molecular weight is 421 g/mol. The summed E-state index contributed by atoms with van der Waals surface area (Å²) < 4.78 is 2.36. The van der Waals surface area contributed by atoms with E-state index in [2.05, 4.69) is 27.6 Å². The molecule has 0 fully saturated rings. The van der Waals surface area contributed by atoms with Crippen molar-refractivity contribution in [2.24, 2.45) is 0 Å². The minimum atomic E-state index is -0.472. The Morgan fingerprint density at radius 3 is 2.61 bits per heavy atom. The first-order chi connectivity index (χ1) is 10.9. The highest BCUT2D eigenvalue weighted by Crippen LogP contribution is 2.22. The summed E-state index contributed by atoms with van der Waals surface area (Å²) in [5, 5.41) is 11.5. The lowest BCUT2D eigenvalue weighted by atomic mass is 10.1. The molecule has 0 aliphatic heterocycles. The Hall–Kier alpha value is -2.29. The maximum Gasteiger partial charge on any atom is 0.271 e. The first kappa shape index (κ1) is 15.6. The molecule has 116 valence electrons. The smallest absolute Gasteiger partial charge is 0.268 e. The van der Waals surface area contributed by atoms with Gasteiger partial charge in [0, 0.05) is 15.7 Å². The largest absolute Gasteiger partial charge is 0.271 e. The fourth-order valence-electron chi connectivity index (χ4n) is 2.50. The van der Waals surface area contributed by atoms with Crippen LogP contribution in [0.25, 0.3) is 16.6 Å². The van der Waals surface area contributed by atoms with Gasteiger partial charge >= 0.3 is 0 Å². The lowest BCUT2D eigenvalue weighted by Crippen LogP contribution is -2.23. The zero-order chi connectivity index (χ0) is 16.7. The number of non-ortho nitro benzene ring substituents is 1. The summed E-state index contributed by atoms with van der Waals surface area (Å²) in [7, 11) is 0. The van der Waals surface area contributed by atoms with Crippen LogP contribution in [0.3, 0.4) is 0 Å². The Kier molecular flexibility index (Phi) is 3.88. The molecule has 6 nitrogen and oxygen atoms in total. The van der Waals surface area contributed by atoms with Crippen molar-refractivity contribution >= 4 is 39.2 Å². The van der Waals surface area contributed by atoms with Gasteiger partial charge in [-0.1, -0.05) is 6.07 Å². The van der Waals surface area contributed by atoms with Crippen molar-refractivity contribution in [3.8, 4) is 5.69 Å². The fourth-order valence-corrected chi connectivity index (χ4v) is 3.00.